The van der Waals surface area contributed by atoms with Crippen LogP contribution in [0.4, 0.5) is 21.7 Å². The highest BCUT2D eigenvalue weighted by molar-refractivity contribution is 5.88. The fourth-order valence-corrected chi connectivity index (χ4v) is 4.53. The lowest BCUT2D eigenvalue weighted by Gasteiger charge is -2.34. The van der Waals surface area contributed by atoms with E-state index in [2.05, 4.69) is 35.6 Å². The standard InChI is InChI=1S/C26H26FN9O2/c1-16-21(38-18-7-9-36-23(11-18)30-15-32-36)5-3-19(24(16)27)33-26-25-20(29-14-31-26)4-6-22(34-25)35-10-8-28-17(12-35)13-37-2/h3-7,9,11,14-15,17,28H,8,10,12-13H2,1-2H3,(H,29,31,33). The highest BCUT2D eigenvalue weighted by Crippen LogP contribution is 2.33. The molecular formula is C26H26FN9O2. The number of ether oxygens (including phenoxy) is 2. The number of piperazine rings is 1. The van der Waals surface area contributed by atoms with E-state index in [1.54, 1.807) is 49.0 Å². The summed E-state index contributed by atoms with van der Waals surface area (Å²) in [4.78, 5) is 19.9. The van der Waals surface area contributed by atoms with Gasteiger partial charge in [-0.05, 0) is 37.3 Å². The van der Waals surface area contributed by atoms with Crippen LogP contribution in [0.25, 0.3) is 16.7 Å². The van der Waals surface area contributed by atoms with Gasteiger partial charge in [-0.15, -0.1) is 0 Å². The molecule has 2 N–H and O–H groups in total. The maximum Gasteiger partial charge on any atom is 0.160 e. The average molecular weight is 516 g/mol. The molecule has 6 rings (SSSR count). The van der Waals surface area contributed by atoms with Gasteiger partial charge in [-0.3, -0.25) is 0 Å². The molecule has 1 atom stereocenters. The van der Waals surface area contributed by atoms with Gasteiger partial charge in [-0.25, -0.2) is 28.8 Å². The van der Waals surface area contributed by atoms with Crippen molar-refractivity contribution in [1.29, 1.82) is 0 Å². The summed E-state index contributed by atoms with van der Waals surface area (Å²) in [5.41, 5.74) is 2.48. The molecule has 38 heavy (non-hydrogen) atoms. The summed E-state index contributed by atoms with van der Waals surface area (Å²) in [6.45, 7) is 4.70. The minimum atomic E-state index is -0.446. The third-order valence-corrected chi connectivity index (χ3v) is 6.48. The van der Waals surface area contributed by atoms with Gasteiger partial charge >= 0.3 is 0 Å². The van der Waals surface area contributed by atoms with E-state index < -0.39 is 5.82 Å². The van der Waals surface area contributed by atoms with Gasteiger partial charge in [-0.1, -0.05) is 0 Å². The number of nitrogens with one attached hydrogen (secondary N) is 2. The number of nitrogens with zero attached hydrogens (tertiary/aromatic N) is 7. The van der Waals surface area contributed by atoms with E-state index >= 15 is 4.39 Å². The molecule has 1 saturated heterocycles. The Kier molecular flexibility index (Phi) is 6.40. The van der Waals surface area contributed by atoms with Crippen molar-refractivity contribution in [2.75, 3.05) is 43.6 Å². The number of rotatable bonds is 7. The Morgan fingerprint density at radius 3 is 2.95 bits per heavy atom. The second kappa shape index (κ2) is 10.1. The van der Waals surface area contributed by atoms with Gasteiger partial charge < -0.3 is 25.0 Å². The summed E-state index contributed by atoms with van der Waals surface area (Å²) in [6, 6.07) is 10.9. The first-order valence-electron chi connectivity index (χ1n) is 12.2. The van der Waals surface area contributed by atoms with Crippen LogP contribution in [0.3, 0.4) is 0 Å². The molecule has 0 saturated carbocycles. The van der Waals surface area contributed by atoms with Gasteiger partial charge in [0, 0.05) is 50.6 Å². The molecule has 12 heteroatoms. The molecular weight excluding hydrogens is 489 g/mol. The van der Waals surface area contributed by atoms with Gasteiger partial charge in [-0.2, -0.15) is 5.10 Å². The van der Waals surface area contributed by atoms with E-state index in [0.717, 1.165) is 25.5 Å². The zero-order valence-corrected chi connectivity index (χ0v) is 20.9. The Morgan fingerprint density at radius 2 is 2.05 bits per heavy atom. The van der Waals surface area contributed by atoms with E-state index in [1.165, 1.54) is 12.7 Å². The van der Waals surface area contributed by atoms with E-state index in [9.17, 15) is 0 Å². The quantitative estimate of drug-likeness (QED) is 0.334. The average Bonchev–Trinajstić information content (AvgIpc) is 3.41. The van der Waals surface area contributed by atoms with Crippen molar-refractivity contribution in [3.63, 3.8) is 0 Å². The molecule has 11 nitrogen and oxygen atoms in total. The number of halogens is 1. The fraction of sp³-hybridized carbons (Fsp3) is 0.269. The van der Waals surface area contributed by atoms with Crippen molar-refractivity contribution in [2.45, 2.75) is 13.0 Å². The normalized spacial score (nSPS) is 15.8. The molecule has 5 aromatic rings. The monoisotopic (exact) mass is 515 g/mol. The molecule has 0 amide bonds. The van der Waals surface area contributed by atoms with E-state index in [4.69, 9.17) is 14.5 Å². The molecule has 1 aliphatic heterocycles. The largest absolute Gasteiger partial charge is 0.457 e. The second-order valence-corrected chi connectivity index (χ2v) is 9.01. The minimum Gasteiger partial charge on any atom is -0.457 e. The highest BCUT2D eigenvalue weighted by atomic mass is 19.1. The fourth-order valence-electron chi connectivity index (χ4n) is 4.53. The topological polar surface area (TPSA) is 115 Å². The third-order valence-electron chi connectivity index (χ3n) is 6.48. The maximum atomic E-state index is 15.5. The Hall–Kier alpha value is -4.42. The third kappa shape index (κ3) is 4.66. The smallest absolute Gasteiger partial charge is 0.160 e. The maximum absolute atomic E-state index is 15.5. The Bertz CT molecular complexity index is 1610. The Morgan fingerprint density at radius 1 is 1.13 bits per heavy atom. The van der Waals surface area contributed by atoms with Crippen LogP contribution >= 0.6 is 0 Å². The van der Waals surface area contributed by atoms with E-state index in [1.807, 2.05) is 12.1 Å². The van der Waals surface area contributed by atoms with Gasteiger partial charge in [0.2, 0.25) is 0 Å². The van der Waals surface area contributed by atoms with Crippen molar-refractivity contribution in [1.82, 2.24) is 34.9 Å². The SMILES string of the molecule is COCC1CN(c2ccc3ncnc(Nc4ccc(Oc5ccn6ncnc6c5)c(C)c4F)c3n2)CCN1. The number of hydrogen-bond donors (Lipinski definition) is 2. The van der Waals surface area contributed by atoms with Crippen molar-refractivity contribution < 1.29 is 13.9 Å². The molecule has 5 heterocycles. The summed E-state index contributed by atoms with van der Waals surface area (Å²) in [6.07, 6.45) is 4.63. The summed E-state index contributed by atoms with van der Waals surface area (Å²) >= 11 is 0. The summed E-state index contributed by atoms with van der Waals surface area (Å²) in [5, 5.41) is 10.6. The predicted molar refractivity (Wildman–Crippen MR) is 141 cm³/mol. The predicted octanol–water partition coefficient (Wildman–Crippen LogP) is 3.48. The van der Waals surface area contributed by atoms with Crippen molar-refractivity contribution in [2.24, 2.45) is 0 Å². The molecule has 1 aromatic carbocycles. The molecule has 0 spiro atoms. The number of aromatic nitrogens is 6. The lowest BCUT2D eigenvalue weighted by Crippen LogP contribution is -2.52. The zero-order valence-electron chi connectivity index (χ0n) is 20.9. The van der Waals surface area contributed by atoms with Gasteiger partial charge in [0.15, 0.2) is 17.3 Å². The number of benzene rings is 1. The van der Waals surface area contributed by atoms with Gasteiger partial charge in [0.25, 0.3) is 0 Å². The second-order valence-electron chi connectivity index (χ2n) is 9.01. The van der Waals surface area contributed by atoms with Crippen LogP contribution in [-0.2, 0) is 4.74 Å². The van der Waals surface area contributed by atoms with Crippen LogP contribution < -0.4 is 20.3 Å². The van der Waals surface area contributed by atoms with Crippen LogP contribution in [0.15, 0.2) is 55.2 Å². The number of anilines is 3. The van der Waals surface area contributed by atoms with E-state index in [0.29, 0.717) is 46.2 Å². The molecule has 4 aromatic heterocycles. The molecule has 0 aliphatic carbocycles. The lowest BCUT2D eigenvalue weighted by atomic mass is 10.1. The highest BCUT2D eigenvalue weighted by Gasteiger charge is 2.21. The summed E-state index contributed by atoms with van der Waals surface area (Å²) in [7, 11) is 1.70. The van der Waals surface area contributed by atoms with Gasteiger partial charge in [0.1, 0.15) is 35.5 Å². The molecule has 1 aliphatic rings. The van der Waals surface area contributed by atoms with Crippen LogP contribution in [0, 0.1) is 12.7 Å². The first-order valence-corrected chi connectivity index (χ1v) is 12.2. The van der Waals surface area contributed by atoms with Crippen molar-refractivity contribution in [3.8, 4) is 11.5 Å². The lowest BCUT2D eigenvalue weighted by molar-refractivity contribution is 0.163. The van der Waals surface area contributed by atoms with Crippen LogP contribution in [0.5, 0.6) is 11.5 Å². The van der Waals surface area contributed by atoms with Crippen LogP contribution in [0.1, 0.15) is 5.56 Å². The molecule has 1 unspecified atom stereocenters. The van der Waals surface area contributed by atoms with E-state index in [-0.39, 0.29) is 11.7 Å². The summed E-state index contributed by atoms with van der Waals surface area (Å²) < 4.78 is 28.4. The van der Waals surface area contributed by atoms with Gasteiger partial charge in [0.05, 0.1) is 17.8 Å². The molecule has 194 valence electrons. The molecule has 0 bridgehead atoms. The number of methoxy groups -OCH3 is 1. The van der Waals surface area contributed by atoms with Crippen LogP contribution in [0.2, 0.25) is 0 Å². The first kappa shape index (κ1) is 23.9. The zero-order chi connectivity index (χ0) is 26.1. The Balaban J connectivity index is 1.26. The first-order chi connectivity index (χ1) is 18.6. The number of fused-ring (bicyclic) bond motifs is 2. The van der Waals surface area contributed by atoms with Crippen molar-refractivity contribution in [3.05, 3.63) is 66.6 Å². The van der Waals surface area contributed by atoms with Crippen LogP contribution in [-0.4, -0.2) is 68.9 Å². The summed E-state index contributed by atoms with van der Waals surface area (Å²) in [5.74, 6) is 1.72. The van der Waals surface area contributed by atoms with Crippen molar-refractivity contribution >= 4 is 34.0 Å². The number of pyridine rings is 2. The minimum absolute atomic E-state index is 0.215. The number of hydrogen-bond acceptors (Lipinski definition) is 10. The Labute approximate surface area is 217 Å². The molecule has 1 fully saturated rings. The molecule has 0 radical (unpaired) electrons.